The summed E-state index contributed by atoms with van der Waals surface area (Å²) in [5, 5.41) is 9.01. The molecule has 1 aliphatic rings. The first-order chi connectivity index (χ1) is 8.43. The second-order valence-corrected chi connectivity index (χ2v) is 5.17. The summed E-state index contributed by atoms with van der Waals surface area (Å²) in [6, 6.07) is 0. The van der Waals surface area contributed by atoms with Crippen molar-refractivity contribution >= 4 is 46.7 Å². The van der Waals surface area contributed by atoms with Crippen LogP contribution in [0.2, 0.25) is 0 Å². The Morgan fingerprint density at radius 3 is 2.22 bits per heavy atom. The number of carboxylic acids is 1. The SMILES string of the molecule is O=C(O)[C@@H]1CC=CC[C@H]1C(=O)OCC(Cl)=C(Cl)Cl. The lowest BCUT2D eigenvalue weighted by atomic mass is 9.83. The van der Waals surface area contributed by atoms with E-state index in [4.69, 9.17) is 44.6 Å². The Kier molecular flexibility index (Phi) is 5.99. The Labute approximate surface area is 119 Å². The van der Waals surface area contributed by atoms with Gasteiger partial charge in [0.25, 0.3) is 0 Å². The molecule has 0 bridgehead atoms. The molecule has 0 heterocycles. The molecule has 0 radical (unpaired) electrons. The summed E-state index contributed by atoms with van der Waals surface area (Å²) in [6.07, 6.45) is 4.16. The average Bonchev–Trinajstić information content (AvgIpc) is 2.35. The van der Waals surface area contributed by atoms with Gasteiger partial charge >= 0.3 is 11.9 Å². The Bertz CT molecular complexity index is 399. The summed E-state index contributed by atoms with van der Waals surface area (Å²) >= 11 is 16.4. The van der Waals surface area contributed by atoms with Crippen LogP contribution in [-0.2, 0) is 14.3 Å². The third-order valence-corrected chi connectivity index (χ3v) is 3.55. The fourth-order valence-electron chi connectivity index (χ4n) is 1.64. The van der Waals surface area contributed by atoms with E-state index >= 15 is 0 Å². The van der Waals surface area contributed by atoms with Crippen molar-refractivity contribution in [3.05, 3.63) is 21.7 Å². The molecule has 2 atom stereocenters. The summed E-state index contributed by atoms with van der Waals surface area (Å²) in [5.74, 6) is -3.10. The highest BCUT2D eigenvalue weighted by Gasteiger charge is 2.35. The van der Waals surface area contributed by atoms with Crippen molar-refractivity contribution in [3.63, 3.8) is 0 Å². The molecular formula is C11H11Cl3O4. The zero-order valence-corrected chi connectivity index (χ0v) is 11.5. The molecule has 0 aromatic carbocycles. The van der Waals surface area contributed by atoms with E-state index in [2.05, 4.69) is 0 Å². The number of hydrogen-bond acceptors (Lipinski definition) is 3. The number of halogens is 3. The van der Waals surface area contributed by atoms with Crippen molar-refractivity contribution in [1.29, 1.82) is 0 Å². The molecule has 0 spiro atoms. The van der Waals surface area contributed by atoms with E-state index in [0.29, 0.717) is 12.8 Å². The normalized spacial score (nSPS) is 22.4. The lowest BCUT2D eigenvalue weighted by molar-refractivity contribution is -0.157. The third-order valence-electron chi connectivity index (χ3n) is 2.60. The van der Waals surface area contributed by atoms with Crippen LogP contribution in [0.15, 0.2) is 21.7 Å². The zero-order chi connectivity index (χ0) is 13.7. The van der Waals surface area contributed by atoms with E-state index in [1.54, 1.807) is 12.2 Å². The van der Waals surface area contributed by atoms with Gasteiger partial charge in [-0.25, -0.2) is 0 Å². The maximum Gasteiger partial charge on any atom is 0.310 e. The number of esters is 1. The van der Waals surface area contributed by atoms with Crippen LogP contribution in [0.3, 0.4) is 0 Å². The number of hydrogen-bond donors (Lipinski definition) is 1. The van der Waals surface area contributed by atoms with Gasteiger partial charge < -0.3 is 9.84 Å². The van der Waals surface area contributed by atoms with Gasteiger partial charge in [0, 0.05) is 0 Å². The van der Waals surface area contributed by atoms with Crippen molar-refractivity contribution in [2.45, 2.75) is 12.8 Å². The van der Waals surface area contributed by atoms with Gasteiger partial charge in [-0.05, 0) is 12.8 Å². The van der Waals surface area contributed by atoms with E-state index in [-0.39, 0.29) is 16.1 Å². The quantitative estimate of drug-likeness (QED) is 0.640. The van der Waals surface area contributed by atoms with Gasteiger partial charge in [-0.15, -0.1) is 0 Å². The van der Waals surface area contributed by atoms with Crippen molar-refractivity contribution in [2.75, 3.05) is 6.61 Å². The average molecular weight is 314 g/mol. The molecule has 1 N–H and O–H groups in total. The molecular weight excluding hydrogens is 302 g/mol. The molecule has 0 saturated carbocycles. The predicted molar refractivity (Wildman–Crippen MR) is 68.5 cm³/mol. The van der Waals surface area contributed by atoms with Gasteiger partial charge in [0.1, 0.15) is 11.1 Å². The molecule has 0 saturated heterocycles. The van der Waals surface area contributed by atoms with Crippen LogP contribution in [0.4, 0.5) is 0 Å². The molecule has 1 rings (SSSR count). The first kappa shape index (κ1) is 15.3. The second-order valence-electron chi connectivity index (χ2n) is 3.77. The van der Waals surface area contributed by atoms with Crippen LogP contribution in [0.1, 0.15) is 12.8 Å². The molecule has 0 amide bonds. The molecule has 0 fully saturated rings. The van der Waals surface area contributed by atoms with E-state index < -0.39 is 23.8 Å². The van der Waals surface area contributed by atoms with Crippen molar-refractivity contribution in [3.8, 4) is 0 Å². The Morgan fingerprint density at radius 1 is 1.17 bits per heavy atom. The Morgan fingerprint density at radius 2 is 1.72 bits per heavy atom. The van der Waals surface area contributed by atoms with Gasteiger partial charge in [0.15, 0.2) is 0 Å². The van der Waals surface area contributed by atoms with Gasteiger partial charge in [-0.2, -0.15) is 0 Å². The van der Waals surface area contributed by atoms with Crippen LogP contribution in [0.25, 0.3) is 0 Å². The van der Waals surface area contributed by atoms with Crippen molar-refractivity contribution in [2.24, 2.45) is 11.8 Å². The highest BCUT2D eigenvalue weighted by Crippen LogP contribution is 2.27. The molecule has 0 aliphatic heterocycles. The van der Waals surface area contributed by atoms with E-state index in [9.17, 15) is 9.59 Å². The maximum atomic E-state index is 11.8. The highest BCUT2D eigenvalue weighted by atomic mass is 35.5. The molecule has 4 nitrogen and oxygen atoms in total. The number of rotatable bonds is 4. The van der Waals surface area contributed by atoms with E-state index in [1.807, 2.05) is 0 Å². The fourth-order valence-corrected chi connectivity index (χ4v) is 1.81. The number of carbonyl (C=O) groups is 2. The molecule has 1 aliphatic carbocycles. The minimum absolute atomic E-state index is 0.00455. The van der Waals surface area contributed by atoms with Gasteiger partial charge in [-0.1, -0.05) is 47.0 Å². The minimum atomic E-state index is -1.02. The largest absolute Gasteiger partial charge is 0.481 e. The van der Waals surface area contributed by atoms with Crippen LogP contribution < -0.4 is 0 Å². The fraction of sp³-hybridized carbons (Fsp3) is 0.455. The summed E-state index contributed by atoms with van der Waals surface area (Å²) in [6.45, 7) is -0.255. The molecule has 100 valence electrons. The highest BCUT2D eigenvalue weighted by molar-refractivity contribution is 6.59. The number of carbonyl (C=O) groups excluding carboxylic acids is 1. The van der Waals surface area contributed by atoms with Crippen molar-refractivity contribution in [1.82, 2.24) is 0 Å². The standard InChI is InChI=1S/C11H11Cl3O4/c12-8(9(13)14)5-18-11(17)7-4-2-1-3-6(7)10(15)16/h1-2,6-7H,3-5H2,(H,15,16)/t6-,7-/m1/s1. The molecule has 0 aromatic heterocycles. The van der Waals surface area contributed by atoms with Crippen LogP contribution >= 0.6 is 34.8 Å². The number of ether oxygens (including phenoxy) is 1. The summed E-state index contributed by atoms with van der Waals surface area (Å²) in [5.41, 5.74) is 0. The zero-order valence-electron chi connectivity index (χ0n) is 9.24. The van der Waals surface area contributed by atoms with Crippen molar-refractivity contribution < 1.29 is 19.4 Å². The van der Waals surface area contributed by atoms with Crippen LogP contribution in [0, 0.1) is 11.8 Å². The molecule has 18 heavy (non-hydrogen) atoms. The van der Waals surface area contributed by atoms with E-state index in [0.717, 1.165) is 0 Å². The number of allylic oxidation sites excluding steroid dienone is 2. The summed E-state index contributed by atoms with van der Waals surface area (Å²) in [4.78, 5) is 22.7. The summed E-state index contributed by atoms with van der Waals surface area (Å²) < 4.78 is 4.71. The predicted octanol–water partition coefficient (Wildman–Crippen LogP) is 3.08. The third kappa shape index (κ3) is 4.19. The smallest absolute Gasteiger partial charge is 0.310 e. The lowest BCUT2D eigenvalue weighted by Crippen LogP contribution is -2.32. The number of aliphatic carboxylic acids is 1. The molecule has 0 unspecified atom stereocenters. The van der Waals surface area contributed by atoms with Gasteiger partial charge in [-0.3, -0.25) is 9.59 Å². The minimum Gasteiger partial charge on any atom is -0.481 e. The summed E-state index contributed by atoms with van der Waals surface area (Å²) in [7, 11) is 0. The van der Waals surface area contributed by atoms with Gasteiger partial charge in [0.05, 0.1) is 16.9 Å². The Balaban J connectivity index is 2.63. The Hall–Kier alpha value is -0.710. The first-order valence-electron chi connectivity index (χ1n) is 5.17. The maximum absolute atomic E-state index is 11.8. The van der Waals surface area contributed by atoms with Crippen LogP contribution in [-0.4, -0.2) is 23.7 Å². The monoisotopic (exact) mass is 312 g/mol. The lowest BCUT2D eigenvalue weighted by Gasteiger charge is -2.23. The van der Waals surface area contributed by atoms with E-state index in [1.165, 1.54) is 0 Å². The molecule has 0 aromatic rings. The topological polar surface area (TPSA) is 63.6 Å². The second kappa shape index (κ2) is 7.02. The molecule has 7 heteroatoms. The van der Waals surface area contributed by atoms with Crippen LogP contribution in [0.5, 0.6) is 0 Å². The number of carboxylic acid groups (broad SMARTS) is 1. The first-order valence-corrected chi connectivity index (χ1v) is 6.31. The van der Waals surface area contributed by atoms with Gasteiger partial charge in [0.2, 0.25) is 0 Å².